The van der Waals surface area contributed by atoms with Crippen molar-refractivity contribution in [2.24, 2.45) is 5.92 Å². The molecule has 7 nitrogen and oxygen atoms in total. The molecule has 0 aromatic carbocycles. The number of carbonyl (C=O) groups is 2. The van der Waals surface area contributed by atoms with E-state index in [1.165, 1.54) is 0 Å². The molecular formula is C16H30N4O3. The van der Waals surface area contributed by atoms with E-state index in [4.69, 9.17) is 4.74 Å². The third kappa shape index (κ3) is 5.75. The molecule has 1 atom stereocenters. The van der Waals surface area contributed by atoms with Crippen LogP contribution >= 0.6 is 0 Å². The van der Waals surface area contributed by atoms with E-state index < -0.39 is 0 Å². The Balaban J connectivity index is 1.68. The van der Waals surface area contributed by atoms with Gasteiger partial charge in [0.2, 0.25) is 11.8 Å². The summed E-state index contributed by atoms with van der Waals surface area (Å²) in [5.74, 6) is 0.380. The lowest BCUT2D eigenvalue weighted by Crippen LogP contribution is -2.51. The minimum Gasteiger partial charge on any atom is -0.383 e. The maximum absolute atomic E-state index is 12.3. The standard InChI is InChI=1S/C16H30N4O3/c1-13(12-23-2)18-16(22)14-3-7-19(8-4-14)11-15(21)20-9-5-17-6-10-20/h13-14,17H,3-12H2,1-2H3,(H,18,22)/t13-/m1/s1. The molecule has 132 valence electrons. The Bertz CT molecular complexity index is 391. The van der Waals surface area contributed by atoms with Crippen LogP contribution in [0.3, 0.4) is 0 Å². The smallest absolute Gasteiger partial charge is 0.236 e. The zero-order valence-corrected chi connectivity index (χ0v) is 14.3. The second kappa shape index (κ2) is 9.20. The normalized spacial score (nSPS) is 21.9. The van der Waals surface area contributed by atoms with Crippen LogP contribution in [0.2, 0.25) is 0 Å². The zero-order chi connectivity index (χ0) is 16.7. The van der Waals surface area contributed by atoms with Crippen LogP contribution in [-0.2, 0) is 14.3 Å². The quantitative estimate of drug-likeness (QED) is 0.674. The highest BCUT2D eigenvalue weighted by atomic mass is 16.5. The van der Waals surface area contributed by atoms with Crippen LogP contribution in [0.15, 0.2) is 0 Å². The van der Waals surface area contributed by atoms with Gasteiger partial charge in [-0.05, 0) is 32.9 Å². The first-order valence-electron chi connectivity index (χ1n) is 8.60. The van der Waals surface area contributed by atoms with Gasteiger partial charge in [-0.2, -0.15) is 0 Å². The number of amides is 2. The summed E-state index contributed by atoms with van der Waals surface area (Å²) >= 11 is 0. The highest BCUT2D eigenvalue weighted by Gasteiger charge is 2.27. The molecule has 0 bridgehead atoms. The molecule has 2 N–H and O–H groups in total. The van der Waals surface area contributed by atoms with Crippen molar-refractivity contribution in [3.8, 4) is 0 Å². The molecular weight excluding hydrogens is 296 g/mol. The minimum absolute atomic E-state index is 0.0415. The van der Waals surface area contributed by atoms with Gasteiger partial charge in [0.25, 0.3) is 0 Å². The highest BCUT2D eigenvalue weighted by molar-refractivity contribution is 5.79. The van der Waals surface area contributed by atoms with Crippen molar-refractivity contribution in [3.63, 3.8) is 0 Å². The molecule has 0 aliphatic carbocycles. The molecule has 2 aliphatic heterocycles. The molecule has 2 saturated heterocycles. The van der Waals surface area contributed by atoms with Crippen LogP contribution in [0.5, 0.6) is 0 Å². The van der Waals surface area contributed by atoms with Gasteiger partial charge in [-0.15, -0.1) is 0 Å². The molecule has 0 aromatic rings. The van der Waals surface area contributed by atoms with E-state index in [9.17, 15) is 9.59 Å². The maximum atomic E-state index is 12.3. The van der Waals surface area contributed by atoms with Crippen LogP contribution in [0.25, 0.3) is 0 Å². The van der Waals surface area contributed by atoms with Crippen molar-refractivity contribution >= 4 is 11.8 Å². The summed E-state index contributed by atoms with van der Waals surface area (Å²) in [6, 6.07) is 0.0415. The third-order valence-corrected chi connectivity index (χ3v) is 4.59. The average Bonchev–Trinajstić information content (AvgIpc) is 2.56. The first kappa shape index (κ1) is 18.2. The molecule has 0 unspecified atom stereocenters. The van der Waals surface area contributed by atoms with E-state index in [1.54, 1.807) is 7.11 Å². The SMILES string of the molecule is COC[C@@H](C)NC(=O)C1CCN(CC(=O)N2CCNCC2)CC1. The summed E-state index contributed by atoms with van der Waals surface area (Å²) in [5.41, 5.74) is 0. The number of rotatable bonds is 6. The molecule has 0 spiro atoms. The van der Waals surface area contributed by atoms with E-state index in [-0.39, 0.29) is 23.8 Å². The van der Waals surface area contributed by atoms with Crippen molar-refractivity contribution in [3.05, 3.63) is 0 Å². The number of piperazine rings is 1. The summed E-state index contributed by atoms with van der Waals surface area (Å²) < 4.78 is 5.04. The lowest BCUT2D eigenvalue weighted by molar-refractivity contribution is -0.133. The molecule has 2 aliphatic rings. The number of hydrogen-bond acceptors (Lipinski definition) is 5. The monoisotopic (exact) mass is 326 g/mol. The lowest BCUT2D eigenvalue weighted by atomic mass is 9.95. The summed E-state index contributed by atoms with van der Waals surface area (Å²) in [4.78, 5) is 28.6. The minimum atomic E-state index is 0.0415. The van der Waals surface area contributed by atoms with Gasteiger partial charge in [0.05, 0.1) is 13.2 Å². The molecule has 2 fully saturated rings. The predicted molar refractivity (Wildman–Crippen MR) is 88.1 cm³/mol. The van der Waals surface area contributed by atoms with Gasteiger partial charge in [-0.25, -0.2) is 0 Å². The van der Waals surface area contributed by atoms with Crippen molar-refractivity contribution in [2.45, 2.75) is 25.8 Å². The zero-order valence-electron chi connectivity index (χ0n) is 14.3. The van der Waals surface area contributed by atoms with Crippen molar-refractivity contribution in [1.29, 1.82) is 0 Å². The maximum Gasteiger partial charge on any atom is 0.236 e. The molecule has 0 radical (unpaired) electrons. The van der Waals surface area contributed by atoms with Crippen LogP contribution in [0.4, 0.5) is 0 Å². The molecule has 2 amide bonds. The summed E-state index contributed by atoms with van der Waals surface area (Å²) in [6.07, 6.45) is 1.64. The van der Waals surface area contributed by atoms with Gasteiger partial charge in [0.15, 0.2) is 0 Å². The van der Waals surface area contributed by atoms with Gasteiger partial charge >= 0.3 is 0 Å². The van der Waals surface area contributed by atoms with Gasteiger partial charge in [-0.3, -0.25) is 14.5 Å². The number of nitrogens with one attached hydrogen (secondary N) is 2. The van der Waals surface area contributed by atoms with Crippen LogP contribution < -0.4 is 10.6 Å². The number of likely N-dealkylation sites (tertiary alicyclic amines) is 1. The number of nitrogens with zero attached hydrogens (tertiary/aromatic N) is 2. The van der Waals surface area contributed by atoms with Crippen LogP contribution in [-0.4, -0.2) is 87.2 Å². The van der Waals surface area contributed by atoms with Crippen LogP contribution in [0, 0.1) is 5.92 Å². The Morgan fingerprint density at radius 1 is 1.22 bits per heavy atom. The van der Waals surface area contributed by atoms with E-state index >= 15 is 0 Å². The highest BCUT2D eigenvalue weighted by Crippen LogP contribution is 2.17. The molecule has 0 aromatic heterocycles. The van der Waals surface area contributed by atoms with Gasteiger partial charge in [0, 0.05) is 45.2 Å². The second-order valence-corrected chi connectivity index (χ2v) is 6.55. The summed E-state index contributed by atoms with van der Waals surface area (Å²) in [6.45, 7) is 7.95. The van der Waals surface area contributed by atoms with Gasteiger partial charge in [-0.1, -0.05) is 0 Å². The molecule has 2 heterocycles. The molecule has 2 rings (SSSR count). The number of methoxy groups -OCH3 is 1. The largest absolute Gasteiger partial charge is 0.383 e. The van der Waals surface area contributed by atoms with Crippen molar-refractivity contribution < 1.29 is 14.3 Å². The topological polar surface area (TPSA) is 73.9 Å². The Kier molecular flexibility index (Phi) is 7.26. The second-order valence-electron chi connectivity index (χ2n) is 6.55. The molecule has 0 saturated carbocycles. The van der Waals surface area contributed by atoms with Crippen LogP contribution in [0.1, 0.15) is 19.8 Å². The first-order chi connectivity index (χ1) is 11.1. The average molecular weight is 326 g/mol. The number of ether oxygens (including phenoxy) is 1. The molecule has 23 heavy (non-hydrogen) atoms. The lowest BCUT2D eigenvalue weighted by Gasteiger charge is -2.34. The molecule has 7 heteroatoms. The predicted octanol–water partition coefficient (Wildman–Crippen LogP) is -0.719. The van der Waals surface area contributed by atoms with Crippen molar-refractivity contribution in [1.82, 2.24) is 20.4 Å². The van der Waals surface area contributed by atoms with E-state index in [2.05, 4.69) is 15.5 Å². The number of piperidine rings is 1. The summed E-state index contributed by atoms with van der Waals surface area (Å²) in [5, 5.41) is 6.25. The number of carbonyl (C=O) groups excluding carboxylic acids is 2. The van der Waals surface area contributed by atoms with E-state index in [0.717, 1.165) is 52.1 Å². The fourth-order valence-electron chi connectivity index (χ4n) is 3.21. The Morgan fingerprint density at radius 3 is 2.48 bits per heavy atom. The fraction of sp³-hybridized carbons (Fsp3) is 0.875. The van der Waals surface area contributed by atoms with Crippen molar-refractivity contribution in [2.75, 3.05) is 59.5 Å². The van der Waals surface area contributed by atoms with Gasteiger partial charge < -0.3 is 20.3 Å². The summed E-state index contributed by atoms with van der Waals surface area (Å²) in [7, 11) is 1.64. The van der Waals surface area contributed by atoms with Gasteiger partial charge in [0.1, 0.15) is 0 Å². The Hall–Kier alpha value is -1.18. The first-order valence-corrected chi connectivity index (χ1v) is 8.60. The van der Waals surface area contributed by atoms with E-state index in [1.807, 2.05) is 11.8 Å². The van der Waals surface area contributed by atoms with E-state index in [0.29, 0.717) is 13.2 Å². The Morgan fingerprint density at radius 2 is 1.87 bits per heavy atom. The fourth-order valence-corrected chi connectivity index (χ4v) is 3.21. The number of hydrogen-bond donors (Lipinski definition) is 2. The Labute approximate surface area is 138 Å². The third-order valence-electron chi connectivity index (χ3n) is 4.59.